The fourth-order valence-electron chi connectivity index (χ4n) is 4.11. The molecule has 6 nitrogen and oxygen atoms in total. The van der Waals surface area contributed by atoms with Crippen LogP contribution in [0.1, 0.15) is 25.7 Å². The topological polar surface area (TPSA) is 66.0 Å². The van der Waals surface area contributed by atoms with Crippen LogP contribution in [0.3, 0.4) is 0 Å². The molecular formula is C22H25ClN6S. The molecule has 0 spiro atoms. The minimum atomic E-state index is 0.477. The fraction of sp³-hybridized carbons (Fsp3) is 0.409. The maximum absolute atomic E-state index is 6.29. The van der Waals surface area contributed by atoms with Gasteiger partial charge in [-0.2, -0.15) is 0 Å². The molecule has 30 heavy (non-hydrogen) atoms. The Kier molecular flexibility index (Phi) is 5.84. The summed E-state index contributed by atoms with van der Waals surface area (Å²) in [5, 5.41) is 8.66. The van der Waals surface area contributed by atoms with Crippen molar-refractivity contribution in [3.8, 4) is 21.8 Å². The number of benzene rings is 1. The van der Waals surface area contributed by atoms with Crippen molar-refractivity contribution in [3.05, 3.63) is 41.6 Å². The van der Waals surface area contributed by atoms with Crippen molar-refractivity contribution in [2.75, 3.05) is 36.4 Å². The molecule has 2 N–H and O–H groups in total. The summed E-state index contributed by atoms with van der Waals surface area (Å²) in [6.07, 6.45) is 6.77. The van der Waals surface area contributed by atoms with Gasteiger partial charge in [0.1, 0.15) is 0 Å². The van der Waals surface area contributed by atoms with Crippen LogP contribution in [0.2, 0.25) is 5.02 Å². The zero-order chi connectivity index (χ0) is 20.3. The molecule has 1 saturated carbocycles. The first-order valence-electron chi connectivity index (χ1n) is 10.6. The van der Waals surface area contributed by atoms with Gasteiger partial charge in [-0.05, 0) is 31.0 Å². The zero-order valence-electron chi connectivity index (χ0n) is 16.8. The number of halogens is 1. The van der Waals surface area contributed by atoms with Crippen LogP contribution in [0.5, 0.6) is 0 Å². The van der Waals surface area contributed by atoms with Gasteiger partial charge >= 0.3 is 0 Å². The van der Waals surface area contributed by atoms with E-state index in [1.54, 1.807) is 11.3 Å². The second-order valence-corrected chi connectivity index (χ2v) is 9.23. The summed E-state index contributed by atoms with van der Waals surface area (Å²) in [6.45, 7) is 3.87. The Labute approximate surface area is 185 Å². The first-order chi connectivity index (χ1) is 14.8. The maximum atomic E-state index is 6.29. The van der Waals surface area contributed by atoms with E-state index in [0.717, 1.165) is 53.1 Å². The molecule has 3 aromatic rings. The Hall–Kier alpha value is -2.22. The van der Waals surface area contributed by atoms with Crippen molar-refractivity contribution >= 4 is 34.0 Å². The maximum Gasteiger partial charge on any atom is 0.223 e. The van der Waals surface area contributed by atoms with Crippen LogP contribution < -0.4 is 15.5 Å². The predicted octanol–water partition coefficient (Wildman–Crippen LogP) is 4.68. The van der Waals surface area contributed by atoms with Gasteiger partial charge in [0.05, 0.1) is 16.3 Å². The molecule has 0 atom stereocenters. The van der Waals surface area contributed by atoms with Crippen LogP contribution >= 0.6 is 22.9 Å². The molecule has 2 fully saturated rings. The summed E-state index contributed by atoms with van der Waals surface area (Å²) in [6, 6.07) is 10.3. The van der Waals surface area contributed by atoms with Crippen LogP contribution in [0, 0.1) is 0 Å². The first kappa shape index (κ1) is 19.7. The number of aromatic nitrogens is 3. The van der Waals surface area contributed by atoms with Crippen LogP contribution in [-0.2, 0) is 0 Å². The summed E-state index contributed by atoms with van der Waals surface area (Å²) in [5.41, 5.74) is 2.85. The normalized spacial score (nSPS) is 17.4. The van der Waals surface area contributed by atoms with Gasteiger partial charge in [-0.15, -0.1) is 0 Å². The highest BCUT2D eigenvalue weighted by molar-refractivity contribution is 7.19. The molecule has 3 heterocycles. The van der Waals surface area contributed by atoms with Crippen molar-refractivity contribution < 1.29 is 0 Å². The third kappa shape index (κ3) is 4.29. The van der Waals surface area contributed by atoms with Crippen molar-refractivity contribution in [2.24, 2.45) is 0 Å². The van der Waals surface area contributed by atoms with E-state index >= 15 is 0 Å². The fourth-order valence-corrected chi connectivity index (χ4v) is 5.41. The van der Waals surface area contributed by atoms with E-state index in [9.17, 15) is 0 Å². The van der Waals surface area contributed by atoms with E-state index in [2.05, 4.69) is 26.6 Å². The number of nitrogens with one attached hydrogen (secondary N) is 2. The summed E-state index contributed by atoms with van der Waals surface area (Å²) in [5.74, 6) is 0.702. The Morgan fingerprint density at radius 3 is 2.73 bits per heavy atom. The third-order valence-electron chi connectivity index (χ3n) is 5.68. The average molecular weight is 441 g/mol. The lowest BCUT2D eigenvalue weighted by molar-refractivity contribution is 0.588. The molecular weight excluding hydrogens is 416 g/mol. The van der Waals surface area contributed by atoms with E-state index in [-0.39, 0.29) is 0 Å². The molecule has 0 amide bonds. The highest BCUT2D eigenvalue weighted by Gasteiger charge is 2.22. The van der Waals surface area contributed by atoms with Gasteiger partial charge in [-0.25, -0.2) is 15.0 Å². The van der Waals surface area contributed by atoms with Crippen LogP contribution in [-0.4, -0.2) is 47.2 Å². The van der Waals surface area contributed by atoms with Gasteiger partial charge < -0.3 is 15.5 Å². The molecule has 0 unspecified atom stereocenters. The molecule has 8 heteroatoms. The van der Waals surface area contributed by atoms with Gasteiger partial charge in [0, 0.05) is 49.0 Å². The summed E-state index contributed by atoms with van der Waals surface area (Å²) in [4.78, 5) is 17.8. The highest BCUT2D eigenvalue weighted by atomic mass is 35.5. The smallest absolute Gasteiger partial charge is 0.223 e. The van der Waals surface area contributed by atoms with Crippen LogP contribution in [0.15, 0.2) is 36.5 Å². The molecule has 5 rings (SSSR count). The van der Waals surface area contributed by atoms with E-state index < -0.39 is 0 Å². The lowest BCUT2D eigenvalue weighted by Crippen LogP contribution is -2.43. The minimum Gasteiger partial charge on any atom is -0.351 e. The summed E-state index contributed by atoms with van der Waals surface area (Å²) in [7, 11) is 0. The summed E-state index contributed by atoms with van der Waals surface area (Å²) < 4.78 is 0. The number of rotatable bonds is 5. The molecule has 1 saturated heterocycles. The average Bonchev–Trinajstić information content (AvgIpc) is 3.45. The van der Waals surface area contributed by atoms with E-state index in [1.807, 2.05) is 30.5 Å². The van der Waals surface area contributed by atoms with Crippen LogP contribution in [0.4, 0.5) is 11.1 Å². The third-order valence-corrected chi connectivity index (χ3v) is 7.05. The number of hydrogen-bond acceptors (Lipinski definition) is 7. The quantitative estimate of drug-likeness (QED) is 0.600. The Morgan fingerprint density at radius 2 is 1.93 bits per heavy atom. The largest absolute Gasteiger partial charge is 0.351 e. The molecule has 1 aliphatic heterocycles. The SMILES string of the molecule is Clc1cccc(-c2nc(N3CCNCC3)sc2-c2ccnc(NC3CCCC3)n2)c1. The van der Waals surface area contributed by atoms with Crippen molar-refractivity contribution in [1.82, 2.24) is 20.3 Å². The monoisotopic (exact) mass is 440 g/mol. The number of anilines is 2. The van der Waals surface area contributed by atoms with Gasteiger partial charge in [-0.3, -0.25) is 0 Å². The number of nitrogens with zero attached hydrogens (tertiary/aromatic N) is 4. The molecule has 1 aliphatic carbocycles. The Balaban J connectivity index is 1.53. The molecule has 2 aliphatic rings. The van der Waals surface area contributed by atoms with E-state index in [0.29, 0.717) is 17.0 Å². The molecule has 0 bridgehead atoms. The lowest BCUT2D eigenvalue weighted by atomic mass is 10.1. The van der Waals surface area contributed by atoms with Gasteiger partial charge in [-0.1, -0.05) is 47.9 Å². The van der Waals surface area contributed by atoms with Crippen molar-refractivity contribution in [1.29, 1.82) is 0 Å². The Morgan fingerprint density at radius 1 is 1.10 bits per heavy atom. The number of hydrogen-bond donors (Lipinski definition) is 2. The molecule has 0 radical (unpaired) electrons. The lowest BCUT2D eigenvalue weighted by Gasteiger charge is -2.26. The second-order valence-electron chi connectivity index (χ2n) is 7.81. The standard InChI is InChI=1S/C22H25ClN6S/c23-16-5-3-4-15(14-16)19-20(30-22(28-19)29-12-10-24-11-13-29)18-8-9-25-21(27-18)26-17-6-1-2-7-17/h3-5,8-9,14,17,24H,1-2,6-7,10-13H2,(H,25,26,27). The van der Waals surface area contributed by atoms with Crippen molar-refractivity contribution in [3.63, 3.8) is 0 Å². The van der Waals surface area contributed by atoms with E-state index in [4.69, 9.17) is 21.6 Å². The van der Waals surface area contributed by atoms with E-state index in [1.165, 1.54) is 25.7 Å². The first-order valence-corrected chi connectivity index (χ1v) is 11.8. The van der Waals surface area contributed by atoms with Gasteiger partial charge in [0.2, 0.25) is 5.95 Å². The zero-order valence-corrected chi connectivity index (χ0v) is 18.3. The van der Waals surface area contributed by atoms with Crippen LogP contribution in [0.25, 0.3) is 21.8 Å². The molecule has 156 valence electrons. The van der Waals surface area contributed by atoms with Crippen molar-refractivity contribution in [2.45, 2.75) is 31.7 Å². The second kappa shape index (κ2) is 8.88. The number of piperazine rings is 1. The highest BCUT2D eigenvalue weighted by Crippen LogP contribution is 2.40. The van der Waals surface area contributed by atoms with Gasteiger partial charge in [0.15, 0.2) is 5.13 Å². The number of thiazole rings is 1. The Bertz CT molecular complexity index is 1010. The predicted molar refractivity (Wildman–Crippen MR) is 125 cm³/mol. The van der Waals surface area contributed by atoms with Gasteiger partial charge in [0.25, 0.3) is 0 Å². The summed E-state index contributed by atoms with van der Waals surface area (Å²) >= 11 is 7.99. The minimum absolute atomic E-state index is 0.477. The molecule has 1 aromatic carbocycles. The molecule has 2 aromatic heterocycles.